The first-order valence-corrected chi connectivity index (χ1v) is 8.75. The first-order valence-electron chi connectivity index (χ1n) is 6.54. The van der Waals surface area contributed by atoms with Crippen LogP contribution in [0.4, 0.5) is 5.69 Å². The van der Waals surface area contributed by atoms with Crippen LogP contribution in [0.5, 0.6) is 5.75 Å². The average Bonchev–Trinajstić information content (AvgIpc) is 2.66. The van der Waals surface area contributed by atoms with E-state index in [-0.39, 0.29) is 44.7 Å². The lowest BCUT2D eigenvalue weighted by molar-refractivity contribution is -0.122. The third-order valence-corrected chi connectivity index (χ3v) is 7.06. The molecule has 21 heavy (non-hydrogen) atoms. The van der Waals surface area contributed by atoms with E-state index >= 15 is 0 Å². The molecule has 1 aliphatic carbocycles. The number of hydrogen-bond donors (Lipinski definition) is 1. The van der Waals surface area contributed by atoms with Crippen LogP contribution in [0.2, 0.25) is 5.02 Å². The van der Waals surface area contributed by atoms with Gasteiger partial charge in [0.05, 0.1) is 17.5 Å². The summed E-state index contributed by atoms with van der Waals surface area (Å²) >= 11 is 13.0. The normalized spacial score (nSPS) is 32.4. The number of fused-ring (bicyclic) bond motifs is 1. The summed E-state index contributed by atoms with van der Waals surface area (Å²) in [7, 11) is 0. The number of amides is 2. The minimum Gasteiger partial charge on any atom is -0.506 e. The van der Waals surface area contributed by atoms with Gasteiger partial charge in [-0.1, -0.05) is 43.5 Å². The number of alkyl halides is 2. The van der Waals surface area contributed by atoms with Crippen LogP contribution in [0, 0.1) is 11.8 Å². The topological polar surface area (TPSA) is 57.6 Å². The van der Waals surface area contributed by atoms with Gasteiger partial charge in [-0.15, -0.1) is 0 Å². The van der Waals surface area contributed by atoms with Crippen molar-refractivity contribution in [3.63, 3.8) is 0 Å². The molecule has 1 saturated heterocycles. The Bertz CT molecular complexity index is 596. The van der Waals surface area contributed by atoms with Crippen LogP contribution >= 0.6 is 43.5 Å². The number of aromatic hydroxyl groups is 1. The second kappa shape index (κ2) is 5.56. The van der Waals surface area contributed by atoms with Crippen LogP contribution in [0.25, 0.3) is 0 Å². The Morgan fingerprint density at radius 2 is 1.62 bits per heavy atom. The molecule has 7 heteroatoms. The molecule has 0 aromatic heterocycles. The summed E-state index contributed by atoms with van der Waals surface area (Å²) in [6.07, 6.45) is 1.20. The predicted molar refractivity (Wildman–Crippen MR) is 87.3 cm³/mol. The van der Waals surface area contributed by atoms with Crippen molar-refractivity contribution in [1.82, 2.24) is 0 Å². The highest BCUT2D eigenvalue weighted by molar-refractivity contribution is 9.12. The van der Waals surface area contributed by atoms with E-state index in [1.807, 2.05) is 0 Å². The first-order chi connectivity index (χ1) is 9.90. The number of phenols is 1. The summed E-state index contributed by atoms with van der Waals surface area (Å²) in [6.45, 7) is 0. The number of hydrogen-bond acceptors (Lipinski definition) is 3. The molecule has 2 amide bonds. The lowest BCUT2D eigenvalue weighted by atomic mass is 9.81. The molecule has 2 fully saturated rings. The molecule has 112 valence electrons. The zero-order valence-corrected chi connectivity index (χ0v) is 14.7. The Morgan fingerprint density at radius 1 is 1.10 bits per heavy atom. The molecule has 1 aromatic carbocycles. The number of carbonyl (C=O) groups is 2. The summed E-state index contributed by atoms with van der Waals surface area (Å²) in [5.41, 5.74) is 0.171. The molecular formula is C14H12Br2ClNO3. The quantitative estimate of drug-likeness (QED) is 0.541. The van der Waals surface area contributed by atoms with Crippen LogP contribution in [0.3, 0.4) is 0 Å². The van der Waals surface area contributed by atoms with Crippen LogP contribution in [-0.4, -0.2) is 26.6 Å². The largest absolute Gasteiger partial charge is 0.506 e. The Morgan fingerprint density at radius 3 is 2.14 bits per heavy atom. The number of nitrogens with zero attached hydrogens (tertiary/aromatic N) is 1. The lowest BCUT2D eigenvalue weighted by Gasteiger charge is -2.29. The lowest BCUT2D eigenvalue weighted by Crippen LogP contribution is -2.34. The van der Waals surface area contributed by atoms with Crippen LogP contribution < -0.4 is 4.90 Å². The highest BCUT2D eigenvalue weighted by Gasteiger charge is 2.52. The van der Waals surface area contributed by atoms with Gasteiger partial charge in [0.2, 0.25) is 11.8 Å². The van der Waals surface area contributed by atoms with E-state index in [4.69, 9.17) is 11.6 Å². The molecule has 1 saturated carbocycles. The van der Waals surface area contributed by atoms with Crippen molar-refractivity contribution >= 4 is 61.0 Å². The average molecular weight is 438 g/mol. The number of anilines is 1. The second-order valence-electron chi connectivity index (χ2n) is 5.36. The molecule has 3 rings (SSSR count). The van der Waals surface area contributed by atoms with Crippen molar-refractivity contribution in [1.29, 1.82) is 0 Å². The van der Waals surface area contributed by atoms with Gasteiger partial charge in [0, 0.05) is 14.7 Å². The van der Waals surface area contributed by atoms with E-state index in [9.17, 15) is 14.7 Å². The molecule has 1 aliphatic heterocycles. The smallest absolute Gasteiger partial charge is 0.237 e. The van der Waals surface area contributed by atoms with Gasteiger partial charge in [0.1, 0.15) is 5.75 Å². The maximum atomic E-state index is 12.6. The van der Waals surface area contributed by atoms with Crippen LogP contribution in [0.1, 0.15) is 12.8 Å². The summed E-state index contributed by atoms with van der Waals surface area (Å²) in [5, 5.41) is 10.3. The molecule has 0 spiro atoms. The number of phenolic OH excluding ortho intramolecular Hbond substituents is 1. The molecule has 0 bridgehead atoms. The van der Waals surface area contributed by atoms with Gasteiger partial charge in [-0.05, 0) is 31.0 Å². The molecule has 4 nitrogen and oxygen atoms in total. The number of imide groups is 1. The van der Waals surface area contributed by atoms with Crippen LogP contribution in [0.15, 0.2) is 18.2 Å². The van der Waals surface area contributed by atoms with E-state index in [1.165, 1.54) is 18.2 Å². The van der Waals surface area contributed by atoms with Crippen molar-refractivity contribution in [2.24, 2.45) is 11.8 Å². The SMILES string of the molecule is O=C1[C@H]2C[C@H](Br)[C@@H](Br)C[C@@H]2C(=O)N1c1cc(Cl)ccc1O. The number of carbonyl (C=O) groups excluding carboxylic acids is 2. The maximum absolute atomic E-state index is 12.6. The zero-order chi connectivity index (χ0) is 15.3. The van der Waals surface area contributed by atoms with Crippen molar-refractivity contribution in [3.05, 3.63) is 23.2 Å². The minimum atomic E-state index is -0.339. The summed E-state index contributed by atoms with van der Waals surface area (Å²) in [4.78, 5) is 26.6. The van der Waals surface area contributed by atoms with Crippen molar-refractivity contribution in [2.45, 2.75) is 22.5 Å². The van der Waals surface area contributed by atoms with Crippen LogP contribution in [-0.2, 0) is 9.59 Å². The fourth-order valence-electron chi connectivity index (χ4n) is 3.01. The predicted octanol–water partition coefficient (Wildman–Crippen LogP) is 3.47. The monoisotopic (exact) mass is 435 g/mol. The van der Waals surface area contributed by atoms with Crippen molar-refractivity contribution in [3.8, 4) is 5.75 Å². The van der Waals surface area contributed by atoms with Gasteiger partial charge in [-0.25, -0.2) is 4.90 Å². The Labute approximate surface area is 143 Å². The molecule has 4 atom stereocenters. The fourth-order valence-corrected chi connectivity index (χ4v) is 4.41. The minimum absolute atomic E-state index is 0.120. The number of halogens is 3. The van der Waals surface area contributed by atoms with E-state index < -0.39 is 0 Å². The van der Waals surface area contributed by atoms with E-state index in [2.05, 4.69) is 31.9 Å². The molecule has 1 N–H and O–H groups in total. The van der Waals surface area contributed by atoms with Crippen molar-refractivity contribution in [2.75, 3.05) is 4.90 Å². The number of benzene rings is 1. The molecule has 0 unspecified atom stereocenters. The van der Waals surface area contributed by atoms with Gasteiger partial charge in [0.15, 0.2) is 0 Å². The van der Waals surface area contributed by atoms with Gasteiger partial charge < -0.3 is 5.11 Å². The first kappa shape index (κ1) is 15.3. The summed E-state index contributed by atoms with van der Waals surface area (Å²) < 4.78 is 0. The molecular weight excluding hydrogens is 425 g/mol. The Balaban J connectivity index is 2.00. The summed E-state index contributed by atoms with van der Waals surface area (Å²) in [6, 6.07) is 4.35. The van der Waals surface area contributed by atoms with E-state index in [0.29, 0.717) is 17.9 Å². The standard InChI is InChI=1S/C14H12Br2ClNO3/c15-9-4-7-8(5-10(9)16)14(21)18(13(7)20)11-3-6(17)1-2-12(11)19/h1-3,7-10,19H,4-5H2/t7-,8-,9-,10-/m0/s1. The second-order valence-corrected chi connectivity index (χ2v) is 8.15. The number of rotatable bonds is 1. The van der Waals surface area contributed by atoms with Crippen molar-refractivity contribution < 1.29 is 14.7 Å². The van der Waals surface area contributed by atoms with Gasteiger partial charge in [0.25, 0.3) is 0 Å². The van der Waals surface area contributed by atoms with E-state index in [0.717, 1.165) is 4.90 Å². The summed E-state index contributed by atoms with van der Waals surface area (Å²) in [5.74, 6) is -1.31. The van der Waals surface area contributed by atoms with E-state index in [1.54, 1.807) is 0 Å². The molecule has 0 radical (unpaired) electrons. The molecule has 2 aliphatic rings. The zero-order valence-electron chi connectivity index (χ0n) is 10.8. The highest BCUT2D eigenvalue weighted by atomic mass is 79.9. The third kappa shape index (κ3) is 2.51. The Hall–Kier alpha value is -0.590. The fraction of sp³-hybridized carbons (Fsp3) is 0.429. The highest BCUT2D eigenvalue weighted by Crippen LogP contribution is 2.46. The van der Waals surface area contributed by atoms with Gasteiger partial charge >= 0.3 is 0 Å². The van der Waals surface area contributed by atoms with Gasteiger partial charge in [-0.2, -0.15) is 0 Å². The molecule has 1 aromatic rings. The maximum Gasteiger partial charge on any atom is 0.237 e. The third-order valence-electron chi connectivity index (χ3n) is 4.09. The Kier molecular flexibility index (Phi) is 4.05. The van der Waals surface area contributed by atoms with Gasteiger partial charge in [-0.3, -0.25) is 9.59 Å². The molecule has 1 heterocycles.